The Morgan fingerprint density at radius 2 is 1.85 bits per heavy atom. The van der Waals surface area contributed by atoms with Crippen LogP contribution < -0.4 is 4.74 Å². The third-order valence-electron chi connectivity index (χ3n) is 3.04. The lowest BCUT2D eigenvalue weighted by molar-refractivity contribution is -0.132. The fraction of sp³-hybridized carbons (Fsp3) is 0.235. The summed E-state index contributed by atoms with van der Waals surface area (Å²) in [6.45, 7) is 2.65. The SMILES string of the molecule is Cc1cccc(OCC(=O)N(C)Cc2ccccc2)c1. The molecular weight excluding hydrogens is 250 g/mol. The van der Waals surface area contributed by atoms with Gasteiger partial charge < -0.3 is 9.64 Å². The average molecular weight is 269 g/mol. The monoisotopic (exact) mass is 269 g/mol. The summed E-state index contributed by atoms with van der Waals surface area (Å²) in [5.74, 6) is 0.696. The molecule has 0 N–H and O–H groups in total. The van der Waals surface area contributed by atoms with E-state index in [0.717, 1.165) is 16.9 Å². The third-order valence-corrected chi connectivity index (χ3v) is 3.04. The first-order valence-electron chi connectivity index (χ1n) is 6.62. The van der Waals surface area contributed by atoms with Crippen LogP contribution in [0.5, 0.6) is 5.75 Å². The summed E-state index contributed by atoms with van der Waals surface area (Å²) in [5, 5.41) is 0. The van der Waals surface area contributed by atoms with Crippen LogP contribution in [0.3, 0.4) is 0 Å². The molecule has 0 bridgehead atoms. The van der Waals surface area contributed by atoms with Gasteiger partial charge in [-0.1, -0.05) is 42.5 Å². The molecule has 0 aliphatic carbocycles. The lowest BCUT2D eigenvalue weighted by Crippen LogP contribution is -2.30. The van der Waals surface area contributed by atoms with E-state index < -0.39 is 0 Å². The second-order valence-corrected chi connectivity index (χ2v) is 4.84. The second-order valence-electron chi connectivity index (χ2n) is 4.84. The van der Waals surface area contributed by atoms with Crippen LogP contribution in [0.15, 0.2) is 54.6 Å². The molecule has 0 saturated carbocycles. The minimum Gasteiger partial charge on any atom is -0.484 e. The van der Waals surface area contributed by atoms with Crippen LogP contribution in [0.4, 0.5) is 0 Å². The Labute approximate surface area is 119 Å². The zero-order valence-electron chi connectivity index (χ0n) is 11.9. The lowest BCUT2D eigenvalue weighted by Gasteiger charge is -2.17. The number of ether oxygens (including phenoxy) is 1. The number of benzene rings is 2. The van der Waals surface area contributed by atoms with Gasteiger partial charge in [-0.25, -0.2) is 0 Å². The first-order chi connectivity index (χ1) is 9.65. The number of likely N-dealkylation sites (N-methyl/N-ethyl adjacent to an activating group) is 1. The van der Waals surface area contributed by atoms with Gasteiger partial charge in [0, 0.05) is 13.6 Å². The normalized spacial score (nSPS) is 10.1. The molecule has 1 amide bonds. The molecule has 0 radical (unpaired) electrons. The van der Waals surface area contributed by atoms with E-state index in [-0.39, 0.29) is 12.5 Å². The van der Waals surface area contributed by atoms with Gasteiger partial charge in [-0.15, -0.1) is 0 Å². The Kier molecular flexibility index (Phi) is 4.77. The van der Waals surface area contributed by atoms with Crippen molar-refractivity contribution in [2.45, 2.75) is 13.5 Å². The molecule has 104 valence electrons. The standard InChI is InChI=1S/C17H19NO2/c1-14-7-6-10-16(11-14)20-13-17(19)18(2)12-15-8-4-3-5-9-15/h3-11H,12-13H2,1-2H3. The lowest BCUT2D eigenvalue weighted by atomic mass is 10.2. The molecule has 20 heavy (non-hydrogen) atoms. The van der Waals surface area contributed by atoms with Crippen molar-refractivity contribution in [1.29, 1.82) is 0 Å². The highest BCUT2D eigenvalue weighted by Gasteiger charge is 2.10. The van der Waals surface area contributed by atoms with Gasteiger partial charge in [-0.3, -0.25) is 4.79 Å². The van der Waals surface area contributed by atoms with E-state index in [0.29, 0.717) is 6.54 Å². The molecule has 0 aromatic heterocycles. The van der Waals surface area contributed by atoms with Gasteiger partial charge in [-0.2, -0.15) is 0 Å². The van der Waals surface area contributed by atoms with E-state index in [9.17, 15) is 4.79 Å². The van der Waals surface area contributed by atoms with E-state index in [1.54, 1.807) is 11.9 Å². The van der Waals surface area contributed by atoms with Crippen LogP contribution in [0.25, 0.3) is 0 Å². The van der Waals surface area contributed by atoms with Crippen LogP contribution in [-0.4, -0.2) is 24.5 Å². The number of nitrogens with zero attached hydrogens (tertiary/aromatic N) is 1. The van der Waals surface area contributed by atoms with Gasteiger partial charge >= 0.3 is 0 Å². The smallest absolute Gasteiger partial charge is 0.260 e. The van der Waals surface area contributed by atoms with Crippen LogP contribution in [-0.2, 0) is 11.3 Å². The highest BCUT2D eigenvalue weighted by atomic mass is 16.5. The number of hydrogen-bond donors (Lipinski definition) is 0. The predicted octanol–water partition coefficient (Wildman–Crippen LogP) is 3.03. The maximum absolute atomic E-state index is 12.0. The van der Waals surface area contributed by atoms with E-state index >= 15 is 0 Å². The number of hydrogen-bond acceptors (Lipinski definition) is 2. The highest BCUT2D eigenvalue weighted by Crippen LogP contribution is 2.12. The van der Waals surface area contributed by atoms with Crippen molar-refractivity contribution >= 4 is 5.91 Å². The molecule has 0 fully saturated rings. The van der Waals surface area contributed by atoms with E-state index in [1.165, 1.54) is 0 Å². The topological polar surface area (TPSA) is 29.5 Å². The van der Waals surface area contributed by atoms with Gasteiger partial charge in [0.15, 0.2) is 6.61 Å². The summed E-state index contributed by atoms with van der Waals surface area (Å²) in [7, 11) is 1.79. The Morgan fingerprint density at radius 1 is 1.10 bits per heavy atom. The van der Waals surface area contributed by atoms with Gasteiger partial charge in [0.05, 0.1) is 0 Å². The summed E-state index contributed by atoms with van der Waals surface area (Å²) in [6.07, 6.45) is 0. The summed E-state index contributed by atoms with van der Waals surface area (Å²) >= 11 is 0. The quantitative estimate of drug-likeness (QED) is 0.835. The van der Waals surface area contributed by atoms with Crippen LogP contribution in [0, 0.1) is 6.92 Å². The summed E-state index contributed by atoms with van der Waals surface area (Å²) in [4.78, 5) is 13.7. The Bertz CT molecular complexity index is 566. The van der Waals surface area contributed by atoms with Crippen molar-refractivity contribution in [1.82, 2.24) is 4.90 Å². The Morgan fingerprint density at radius 3 is 2.55 bits per heavy atom. The zero-order chi connectivity index (χ0) is 14.4. The fourth-order valence-electron chi connectivity index (χ4n) is 1.91. The van der Waals surface area contributed by atoms with Crippen LogP contribution >= 0.6 is 0 Å². The highest BCUT2D eigenvalue weighted by molar-refractivity contribution is 5.77. The molecule has 0 aliphatic rings. The van der Waals surface area contributed by atoms with Gasteiger partial charge in [0.2, 0.25) is 0 Å². The van der Waals surface area contributed by atoms with Crippen LogP contribution in [0.1, 0.15) is 11.1 Å². The minimum atomic E-state index is -0.0321. The minimum absolute atomic E-state index is 0.0321. The first-order valence-corrected chi connectivity index (χ1v) is 6.62. The Hall–Kier alpha value is -2.29. The summed E-state index contributed by atoms with van der Waals surface area (Å²) in [5.41, 5.74) is 2.23. The molecule has 0 unspecified atom stereocenters. The van der Waals surface area contributed by atoms with Crippen molar-refractivity contribution < 1.29 is 9.53 Å². The molecule has 0 heterocycles. The third kappa shape index (κ3) is 4.12. The molecular formula is C17H19NO2. The van der Waals surface area contributed by atoms with Crippen molar-refractivity contribution in [3.8, 4) is 5.75 Å². The fourth-order valence-corrected chi connectivity index (χ4v) is 1.91. The van der Waals surface area contributed by atoms with E-state index in [4.69, 9.17) is 4.74 Å². The van der Waals surface area contributed by atoms with E-state index in [2.05, 4.69) is 0 Å². The van der Waals surface area contributed by atoms with Crippen molar-refractivity contribution in [3.63, 3.8) is 0 Å². The Balaban J connectivity index is 1.85. The van der Waals surface area contributed by atoms with Crippen molar-refractivity contribution in [2.75, 3.05) is 13.7 Å². The van der Waals surface area contributed by atoms with Crippen molar-refractivity contribution in [2.24, 2.45) is 0 Å². The molecule has 3 heteroatoms. The van der Waals surface area contributed by atoms with Gasteiger partial charge in [-0.05, 0) is 30.2 Å². The number of carbonyl (C=O) groups excluding carboxylic acids is 1. The van der Waals surface area contributed by atoms with Gasteiger partial charge in [0.1, 0.15) is 5.75 Å². The first kappa shape index (κ1) is 14.1. The van der Waals surface area contributed by atoms with Gasteiger partial charge in [0.25, 0.3) is 5.91 Å². The maximum atomic E-state index is 12.0. The van der Waals surface area contributed by atoms with Crippen molar-refractivity contribution in [3.05, 3.63) is 65.7 Å². The maximum Gasteiger partial charge on any atom is 0.260 e. The molecule has 0 aliphatic heterocycles. The predicted molar refractivity (Wildman–Crippen MR) is 79.6 cm³/mol. The molecule has 0 spiro atoms. The summed E-state index contributed by atoms with van der Waals surface area (Å²) < 4.78 is 5.52. The largest absolute Gasteiger partial charge is 0.484 e. The zero-order valence-corrected chi connectivity index (χ0v) is 11.9. The van der Waals surface area contributed by atoms with E-state index in [1.807, 2.05) is 61.5 Å². The number of rotatable bonds is 5. The molecule has 2 rings (SSSR count). The average Bonchev–Trinajstić information content (AvgIpc) is 2.46. The van der Waals surface area contributed by atoms with Crippen LogP contribution in [0.2, 0.25) is 0 Å². The molecule has 2 aromatic carbocycles. The summed E-state index contributed by atoms with van der Waals surface area (Å²) in [6, 6.07) is 17.6. The molecule has 3 nitrogen and oxygen atoms in total. The second kappa shape index (κ2) is 6.75. The number of carbonyl (C=O) groups is 1. The number of aryl methyl sites for hydroxylation is 1. The molecule has 2 aromatic rings. The molecule has 0 saturated heterocycles. The molecule has 0 atom stereocenters. The number of amides is 1.